The number of halogens is 1. The van der Waals surface area contributed by atoms with Crippen LogP contribution in [0, 0.1) is 0 Å². The smallest absolute Gasteiger partial charge is 0.272 e. The van der Waals surface area contributed by atoms with Gasteiger partial charge in [-0.1, -0.05) is 0 Å². The molecule has 1 saturated heterocycles. The van der Waals surface area contributed by atoms with E-state index in [-0.39, 0.29) is 11.8 Å². The van der Waals surface area contributed by atoms with Crippen LogP contribution in [0.2, 0.25) is 0 Å². The number of amides is 2. The predicted octanol–water partition coefficient (Wildman–Crippen LogP) is 0.358. The van der Waals surface area contributed by atoms with Crippen molar-refractivity contribution in [1.29, 1.82) is 0 Å². The van der Waals surface area contributed by atoms with Crippen molar-refractivity contribution in [3.05, 3.63) is 9.46 Å². The van der Waals surface area contributed by atoms with Gasteiger partial charge in [-0.2, -0.15) is 0 Å². The highest BCUT2D eigenvalue weighted by Gasteiger charge is 2.55. The third-order valence-electron chi connectivity index (χ3n) is 2.63. The standard InChI is InChI=1S/C9H11IN2O3/c1-5-7(10)15-9(8(14)11-5)3-12(4-9)6(2)13/h3-4H2,1-2H3,(H,11,14). The van der Waals surface area contributed by atoms with E-state index < -0.39 is 5.60 Å². The van der Waals surface area contributed by atoms with Crippen molar-refractivity contribution < 1.29 is 14.3 Å². The molecule has 2 amide bonds. The fraction of sp³-hybridized carbons (Fsp3) is 0.556. The Morgan fingerprint density at radius 3 is 2.73 bits per heavy atom. The molecule has 0 aromatic carbocycles. The molecule has 2 aliphatic rings. The van der Waals surface area contributed by atoms with Crippen LogP contribution in [0.5, 0.6) is 0 Å². The second-order valence-corrected chi connectivity index (χ2v) is 4.80. The van der Waals surface area contributed by atoms with Crippen molar-refractivity contribution >= 4 is 34.4 Å². The molecule has 5 nitrogen and oxygen atoms in total. The van der Waals surface area contributed by atoms with Crippen molar-refractivity contribution in [3.8, 4) is 0 Å². The molecule has 15 heavy (non-hydrogen) atoms. The van der Waals surface area contributed by atoms with Crippen molar-refractivity contribution in [3.63, 3.8) is 0 Å². The molecular weight excluding hydrogens is 311 g/mol. The number of hydrogen-bond acceptors (Lipinski definition) is 3. The molecule has 1 fully saturated rings. The zero-order valence-corrected chi connectivity index (χ0v) is 10.6. The molecule has 2 heterocycles. The van der Waals surface area contributed by atoms with Crippen LogP contribution in [0.3, 0.4) is 0 Å². The summed E-state index contributed by atoms with van der Waals surface area (Å²) in [5, 5.41) is 2.75. The number of hydrogen-bond donors (Lipinski definition) is 1. The lowest BCUT2D eigenvalue weighted by Gasteiger charge is -2.49. The molecule has 6 heteroatoms. The fourth-order valence-corrected chi connectivity index (χ4v) is 2.19. The average Bonchev–Trinajstić information content (AvgIpc) is 2.07. The summed E-state index contributed by atoms with van der Waals surface area (Å²) in [5.41, 5.74) is -0.116. The zero-order valence-electron chi connectivity index (χ0n) is 8.46. The third kappa shape index (κ3) is 1.60. The molecule has 0 unspecified atom stereocenters. The van der Waals surface area contributed by atoms with Crippen LogP contribution < -0.4 is 5.32 Å². The Morgan fingerprint density at radius 2 is 2.20 bits per heavy atom. The number of likely N-dealkylation sites (tertiary alicyclic amines) is 1. The van der Waals surface area contributed by atoms with Gasteiger partial charge in [0.05, 0.1) is 18.8 Å². The summed E-state index contributed by atoms with van der Waals surface area (Å²) < 4.78 is 6.27. The summed E-state index contributed by atoms with van der Waals surface area (Å²) in [6.45, 7) is 3.95. The van der Waals surface area contributed by atoms with E-state index in [4.69, 9.17) is 4.74 Å². The molecule has 0 bridgehead atoms. The van der Waals surface area contributed by atoms with Gasteiger partial charge in [-0.15, -0.1) is 0 Å². The third-order valence-corrected chi connectivity index (χ3v) is 3.66. The van der Waals surface area contributed by atoms with Crippen molar-refractivity contribution in [2.45, 2.75) is 19.4 Å². The number of nitrogens with one attached hydrogen (secondary N) is 1. The Balaban J connectivity index is 2.14. The monoisotopic (exact) mass is 322 g/mol. The quantitative estimate of drug-likeness (QED) is 0.655. The number of carbonyl (C=O) groups is 2. The Kier molecular flexibility index (Phi) is 2.40. The van der Waals surface area contributed by atoms with Gasteiger partial charge in [-0.25, -0.2) is 0 Å². The normalized spacial score (nSPS) is 23.4. The Labute approximate surface area is 101 Å². The summed E-state index contributed by atoms with van der Waals surface area (Å²) >= 11 is 2.04. The highest BCUT2D eigenvalue weighted by Crippen LogP contribution is 2.34. The highest BCUT2D eigenvalue weighted by molar-refractivity contribution is 14.1. The van der Waals surface area contributed by atoms with E-state index in [9.17, 15) is 9.59 Å². The lowest BCUT2D eigenvalue weighted by Crippen LogP contribution is -2.71. The number of rotatable bonds is 0. The van der Waals surface area contributed by atoms with Crippen LogP contribution >= 0.6 is 22.6 Å². The zero-order chi connectivity index (χ0) is 11.2. The molecule has 2 aliphatic heterocycles. The van der Waals surface area contributed by atoms with Gasteiger partial charge in [-0.3, -0.25) is 9.59 Å². The largest absolute Gasteiger partial charge is 0.466 e. The SMILES string of the molecule is CC(=O)N1CC2(C1)OC(I)=C(C)NC2=O. The van der Waals surface area contributed by atoms with E-state index in [0.717, 1.165) is 5.70 Å². The Morgan fingerprint density at radius 1 is 1.60 bits per heavy atom. The molecule has 0 radical (unpaired) electrons. The van der Waals surface area contributed by atoms with Gasteiger partial charge < -0.3 is 15.0 Å². The summed E-state index contributed by atoms with van der Waals surface area (Å²) in [6, 6.07) is 0. The van der Waals surface area contributed by atoms with Crippen LogP contribution in [0.1, 0.15) is 13.8 Å². The van der Waals surface area contributed by atoms with Gasteiger partial charge in [-0.05, 0) is 6.92 Å². The second kappa shape index (κ2) is 3.36. The van der Waals surface area contributed by atoms with E-state index in [1.807, 2.05) is 22.6 Å². The molecule has 1 N–H and O–H groups in total. The molecule has 0 aromatic heterocycles. The maximum atomic E-state index is 11.7. The first-order valence-electron chi connectivity index (χ1n) is 4.57. The highest BCUT2D eigenvalue weighted by atomic mass is 127. The molecule has 82 valence electrons. The van der Waals surface area contributed by atoms with E-state index in [1.54, 1.807) is 11.8 Å². The topological polar surface area (TPSA) is 58.6 Å². The lowest BCUT2D eigenvalue weighted by molar-refractivity contribution is -0.171. The van der Waals surface area contributed by atoms with Crippen molar-refractivity contribution in [1.82, 2.24) is 10.2 Å². The molecule has 0 saturated carbocycles. The average molecular weight is 322 g/mol. The van der Waals surface area contributed by atoms with E-state index >= 15 is 0 Å². The first-order chi connectivity index (χ1) is 6.94. The van der Waals surface area contributed by atoms with E-state index in [1.165, 1.54) is 6.92 Å². The van der Waals surface area contributed by atoms with Crippen molar-refractivity contribution in [2.24, 2.45) is 0 Å². The minimum atomic E-state index is -0.846. The molecule has 0 aliphatic carbocycles. The van der Waals surface area contributed by atoms with Crippen LogP contribution in [0.25, 0.3) is 0 Å². The van der Waals surface area contributed by atoms with Crippen LogP contribution in [-0.2, 0) is 14.3 Å². The fourth-order valence-electron chi connectivity index (χ4n) is 1.63. The molecule has 0 aromatic rings. The van der Waals surface area contributed by atoms with Crippen LogP contribution in [0.4, 0.5) is 0 Å². The van der Waals surface area contributed by atoms with Gasteiger partial charge in [0.2, 0.25) is 11.5 Å². The lowest BCUT2D eigenvalue weighted by atomic mass is 9.91. The summed E-state index contributed by atoms with van der Waals surface area (Å²) in [7, 11) is 0. The first-order valence-corrected chi connectivity index (χ1v) is 5.65. The molecular formula is C9H11IN2O3. The molecule has 2 rings (SSSR count). The Bertz CT molecular complexity index is 372. The number of nitrogens with zero attached hydrogens (tertiary/aromatic N) is 1. The maximum Gasteiger partial charge on any atom is 0.272 e. The Hall–Kier alpha value is -0.790. The number of ether oxygens (including phenoxy) is 1. The minimum absolute atomic E-state index is 0.0293. The number of carbonyl (C=O) groups excluding carboxylic acids is 2. The summed E-state index contributed by atoms with van der Waals surface area (Å²) in [5.74, 6) is -0.184. The van der Waals surface area contributed by atoms with Gasteiger partial charge in [0.25, 0.3) is 5.91 Å². The van der Waals surface area contributed by atoms with Gasteiger partial charge in [0.1, 0.15) is 0 Å². The van der Waals surface area contributed by atoms with Crippen molar-refractivity contribution in [2.75, 3.05) is 13.1 Å². The first kappa shape index (κ1) is 10.7. The van der Waals surface area contributed by atoms with Crippen LogP contribution in [-0.4, -0.2) is 35.4 Å². The van der Waals surface area contributed by atoms with E-state index in [2.05, 4.69) is 5.32 Å². The van der Waals surface area contributed by atoms with E-state index in [0.29, 0.717) is 16.9 Å². The second-order valence-electron chi connectivity index (χ2n) is 3.82. The van der Waals surface area contributed by atoms with Gasteiger partial charge >= 0.3 is 0 Å². The number of allylic oxidation sites excluding steroid dienone is 1. The maximum absolute atomic E-state index is 11.7. The van der Waals surface area contributed by atoms with Crippen LogP contribution in [0.15, 0.2) is 9.46 Å². The molecule has 1 spiro atoms. The molecule has 0 atom stereocenters. The summed E-state index contributed by atoms with van der Waals surface area (Å²) in [4.78, 5) is 24.3. The van der Waals surface area contributed by atoms with Gasteiger partial charge in [0.15, 0.2) is 3.77 Å². The minimum Gasteiger partial charge on any atom is -0.466 e. The summed E-state index contributed by atoms with van der Waals surface area (Å²) in [6.07, 6.45) is 0. The predicted molar refractivity (Wildman–Crippen MR) is 60.9 cm³/mol. The van der Waals surface area contributed by atoms with Gasteiger partial charge in [0, 0.05) is 29.5 Å².